The monoisotopic (exact) mass is 358 g/mol. The average molecular weight is 358 g/mol. The second kappa shape index (κ2) is 8.94. The number of nitrogens with one attached hydrogen (secondary N) is 1. The van der Waals surface area contributed by atoms with Gasteiger partial charge in [-0.2, -0.15) is 0 Å². The van der Waals surface area contributed by atoms with Crippen molar-refractivity contribution in [1.82, 2.24) is 4.90 Å². The van der Waals surface area contributed by atoms with E-state index in [1.165, 1.54) is 37.1 Å². The Kier molecular flexibility index (Phi) is 6.92. The first-order chi connectivity index (χ1) is 11.8. The lowest BCUT2D eigenvalue weighted by molar-refractivity contribution is -0.274. The van der Waals surface area contributed by atoms with Gasteiger partial charge in [-0.15, -0.1) is 13.2 Å². The number of anilines is 1. The molecule has 2 rings (SSSR count). The van der Waals surface area contributed by atoms with Crippen molar-refractivity contribution in [3.63, 3.8) is 0 Å². The maximum Gasteiger partial charge on any atom is 0.573 e. The normalized spacial score (nSPS) is 19.7. The number of likely N-dealkylation sites (tertiary alicyclic amines) is 1. The van der Waals surface area contributed by atoms with Gasteiger partial charge in [-0.05, 0) is 62.5 Å². The van der Waals surface area contributed by atoms with Gasteiger partial charge in [0.1, 0.15) is 5.75 Å². The number of hydrogen-bond acceptors (Lipinski definition) is 3. The molecule has 1 unspecified atom stereocenters. The molecule has 0 aliphatic carbocycles. The molecule has 0 radical (unpaired) electrons. The molecule has 8 heteroatoms. The Morgan fingerprint density at radius 3 is 2.72 bits per heavy atom. The molecule has 0 aromatic heterocycles. The predicted octanol–water partition coefficient (Wildman–Crippen LogP) is 3.43. The minimum atomic E-state index is -4.69. The van der Waals surface area contributed by atoms with Gasteiger partial charge in [0.15, 0.2) is 5.96 Å². The highest BCUT2D eigenvalue weighted by atomic mass is 19.4. The maximum absolute atomic E-state index is 12.1. The van der Waals surface area contributed by atoms with Crippen LogP contribution in [-0.4, -0.2) is 43.4 Å². The van der Waals surface area contributed by atoms with Crippen LogP contribution < -0.4 is 15.8 Å². The van der Waals surface area contributed by atoms with Crippen LogP contribution in [0.3, 0.4) is 0 Å². The summed E-state index contributed by atoms with van der Waals surface area (Å²) >= 11 is 0. The average Bonchev–Trinajstić information content (AvgIpc) is 2.52. The molecule has 1 aliphatic heterocycles. The number of halogens is 3. The zero-order valence-corrected chi connectivity index (χ0v) is 14.4. The van der Waals surface area contributed by atoms with Gasteiger partial charge in [-0.1, -0.05) is 6.92 Å². The standard InChI is InChI=1S/C17H25F3N4O/c1-13-4-2-10-24(12-13)11-3-9-22-16(21)23-14-5-7-15(8-6-14)25-17(18,19)20/h5-8,13H,2-4,9-12H2,1H3,(H3,21,22,23). The summed E-state index contributed by atoms with van der Waals surface area (Å²) in [7, 11) is 0. The smallest absolute Gasteiger partial charge is 0.406 e. The summed E-state index contributed by atoms with van der Waals surface area (Å²) in [6.07, 6.45) is -1.21. The molecule has 0 spiro atoms. The first kappa shape index (κ1) is 19.4. The topological polar surface area (TPSA) is 62.9 Å². The van der Waals surface area contributed by atoms with E-state index in [0.717, 1.165) is 32.0 Å². The van der Waals surface area contributed by atoms with Crippen molar-refractivity contribution in [2.45, 2.75) is 32.5 Å². The van der Waals surface area contributed by atoms with Gasteiger partial charge in [0, 0.05) is 18.8 Å². The SMILES string of the molecule is CC1CCCN(CCCN=C(N)Nc2ccc(OC(F)(F)F)cc2)C1. The summed E-state index contributed by atoms with van der Waals surface area (Å²) in [5.74, 6) is 0.731. The lowest BCUT2D eigenvalue weighted by Crippen LogP contribution is -2.35. The van der Waals surface area contributed by atoms with E-state index < -0.39 is 6.36 Å². The quantitative estimate of drug-likeness (QED) is 0.465. The molecule has 0 amide bonds. The molecule has 1 saturated heterocycles. The van der Waals surface area contributed by atoms with Crippen LogP contribution in [0.2, 0.25) is 0 Å². The van der Waals surface area contributed by atoms with Crippen LogP contribution >= 0.6 is 0 Å². The van der Waals surface area contributed by atoms with Gasteiger partial charge in [0.2, 0.25) is 0 Å². The zero-order valence-electron chi connectivity index (χ0n) is 14.4. The molecule has 1 heterocycles. The van der Waals surface area contributed by atoms with Crippen LogP contribution in [-0.2, 0) is 0 Å². The summed E-state index contributed by atoms with van der Waals surface area (Å²) in [6, 6.07) is 5.36. The molecule has 25 heavy (non-hydrogen) atoms. The predicted molar refractivity (Wildman–Crippen MR) is 92.7 cm³/mol. The van der Waals surface area contributed by atoms with E-state index in [1.54, 1.807) is 0 Å². The van der Waals surface area contributed by atoms with Crippen LogP contribution in [0, 0.1) is 5.92 Å². The molecule has 1 aliphatic rings. The second-order valence-corrected chi connectivity index (χ2v) is 6.37. The zero-order chi connectivity index (χ0) is 18.3. The number of benzene rings is 1. The number of nitrogens with two attached hydrogens (primary N) is 1. The number of nitrogens with zero attached hydrogens (tertiary/aromatic N) is 2. The number of guanidine groups is 1. The Balaban J connectivity index is 1.71. The molecular formula is C17H25F3N4O. The van der Waals surface area contributed by atoms with E-state index in [1.807, 2.05) is 0 Å². The summed E-state index contributed by atoms with van der Waals surface area (Å²) in [4.78, 5) is 6.70. The Morgan fingerprint density at radius 2 is 2.08 bits per heavy atom. The van der Waals surface area contributed by atoms with Crippen molar-refractivity contribution in [1.29, 1.82) is 0 Å². The van der Waals surface area contributed by atoms with Crippen LogP contribution in [0.1, 0.15) is 26.2 Å². The molecule has 5 nitrogen and oxygen atoms in total. The molecule has 0 bridgehead atoms. The largest absolute Gasteiger partial charge is 0.573 e. The fraction of sp³-hybridized carbons (Fsp3) is 0.588. The Bertz CT molecular complexity index is 560. The summed E-state index contributed by atoms with van der Waals surface area (Å²) in [5, 5.41) is 2.85. The van der Waals surface area contributed by atoms with Crippen LogP contribution in [0.5, 0.6) is 5.75 Å². The molecule has 0 saturated carbocycles. The van der Waals surface area contributed by atoms with Crippen molar-refractivity contribution in [3.05, 3.63) is 24.3 Å². The third kappa shape index (κ3) is 7.64. The molecule has 1 fully saturated rings. The highest BCUT2D eigenvalue weighted by molar-refractivity contribution is 5.92. The molecule has 140 valence electrons. The lowest BCUT2D eigenvalue weighted by Gasteiger charge is -2.30. The molecule has 3 N–H and O–H groups in total. The Morgan fingerprint density at radius 1 is 1.36 bits per heavy atom. The van der Waals surface area contributed by atoms with E-state index in [2.05, 4.69) is 26.9 Å². The summed E-state index contributed by atoms with van der Waals surface area (Å²) < 4.78 is 40.1. The van der Waals surface area contributed by atoms with E-state index in [-0.39, 0.29) is 11.7 Å². The van der Waals surface area contributed by atoms with Crippen molar-refractivity contribution in [2.75, 3.05) is 31.5 Å². The van der Waals surface area contributed by atoms with E-state index >= 15 is 0 Å². The number of piperidine rings is 1. The van der Waals surface area contributed by atoms with E-state index in [0.29, 0.717) is 12.2 Å². The van der Waals surface area contributed by atoms with Gasteiger partial charge >= 0.3 is 6.36 Å². The van der Waals surface area contributed by atoms with Crippen LogP contribution in [0.25, 0.3) is 0 Å². The highest BCUT2D eigenvalue weighted by Crippen LogP contribution is 2.23. The second-order valence-electron chi connectivity index (χ2n) is 6.37. The third-order valence-corrected chi connectivity index (χ3v) is 4.02. The minimum absolute atomic E-state index is 0.247. The number of aliphatic imine (C=N–C) groups is 1. The summed E-state index contributed by atoms with van der Waals surface area (Å²) in [5.41, 5.74) is 6.36. The fourth-order valence-corrected chi connectivity index (χ4v) is 2.91. The number of hydrogen-bond donors (Lipinski definition) is 2. The van der Waals surface area contributed by atoms with Gasteiger partial charge in [-0.25, -0.2) is 0 Å². The van der Waals surface area contributed by atoms with Gasteiger partial charge in [0.05, 0.1) is 0 Å². The summed E-state index contributed by atoms with van der Waals surface area (Å²) in [6.45, 7) is 6.18. The number of ether oxygens (including phenoxy) is 1. The first-order valence-corrected chi connectivity index (χ1v) is 8.47. The molecular weight excluding hydrogens is 333 g/mol. The van der Waals surface area contributed by atoms with Crippen LogP contribution in [0.15, 0.2) is 29.3 Å². The molecule has 1 atom stereocenters. The Labute approximate surface area is 146 Å². The lowest BCUT2D eigenvalue weighted by atomic mass is 10.0. The maximum atomic E-state index is 12.1. The van der Waals surface area contributed by atoms with Crippen LogP contribution in [0.4, 0.5) is 18.9 Å². The van der Waals surface area contributed by atoms with Crippen molar-refractivity contribution < 1.29 is 17.9 Å². The van der Waals surface area contributed by atoms with Gasteiger partial charge in [0.25, 0.3) is 0 Å². The molecule has 1 aromatic carbocycles. The van der Waals surface area contributed by atoms with Crippen molar-refractivity contribution in [2.24, 2.45) is 16.6 Å². The van der Waals surface area contributed by atoms with E-state index in [9.17, 15) is 13.2 Å². The first-order valence-electron chi connectivity index (χ1n) is 8.47. The highest BCUT2D eigenvalue weighted by Gasteiger charge is 2.30. The fourth-order valence-electron chi connectivity index (χ4n) is 2.91. The van der Waals surface area contributed by atoms with E-state index in [4.69, 9.17) is 5.73 Å². The molecule has 1 aromatic rings. The van der Waals surface area contributed by atoms with Crippen molar-refractivity contribution >= 4 is 11.6 Å². The third-order valence-electron chi connectivity index (χ3n) is 4.02. The van der Waals surface area contributed by atoms with Crippen molar-refractivity contribution in [3.8, 4) is 5.75 Å². The number of rotatable bonds is 6. The Hall–Kier alpha value is -1.96. The minimum Gasteiger partial charge on any atom is -0.406 e. The number of alkyl halides is 3. The van der Waals surface area contributed by atoms with Gasteiger partial charge in [-0.3, -0.25) is 4.99 Å². The van der Waals surface area contributed by atoms with Gasteiger partial charge < -0.3 is 20.7 Å².